The Morgan fingerprint density at radius 2 is 1.60 bits per heavy atom. The monoisotopic (exact) mass is 268 g/mol. The molecule has 0 unspecified atom stereocenters. The number of nitrogens with zero attached hydrogens (tertiary/aromatic N) is 2. The Hall–Kier alpha value is -2.22. The van der Waals surface area contributed by atoms with Crippen molar-refractivity contribution in [2.24, 2.45) is 10.2 Å². The average Bonchev–Trinajstić information content (AvgIpc) is 2.47. The highest BCUT2D eigenvalue weighted by Crippen LogP contribution is 2.20. The van der Waals surface area contributed by atoms with E-state index in [-0.39, 0.29) is 0 Å². The molecule has 0 atom stereocenters. The van der Waals surface area contributed by atoms with E-state index in [0.29, 0.717) is 0 Å². The van der Waals surface area contributed by atoms with E-state index < -0.39 is 0 Å². The van der Waals surface area contributed by atoms with Gasteiger partial charge in [-0.2, -0.15) is 5.11 Å². The van der Waals surface area contributed by atoms with Crippen molar-refractivity contribution in [2.75, 3.05) is 0 Å². The van der Waals surface area contributed by atoms with E-state index in [1.165, 1.54) is 0 Å². The van der Waals surface area contributed by atoms with Gasteiger partial charge >= 0.3 is 0 Å². The summed E-state index contributed by atoms with van der Waals surface area (Å²) in [7, 11) is 0. The van der Waals surface area contributed by atoms with Gasteiger partial charge in [0.2, 0.25) is 0 Å². The number of hydrogen-bond acceptors (Lipinski definition) is 2. The molecule has 2 heteroatoms. The minimum absolute atomic E-state index is 0.763. The van der Waals surface area contributed by atoms with Crippen LogP contribution in [0.15, 0.2) is 94.5 Å². The number of allylic oxidation sites excluding steroid dienone is 9. The van der Waals surface area contributed by atoms with Gasteiger partial charge < -0.3 is 0 Å². The highest BCUT2D eigenvalue weighted by molar-refractivity contribution is 5.46. The normalized spacial score (nSPS) is 15.2. The molecule has 0 spiro atoms. The molecule has 106 valence electrons. The van der Waals surface area contributed by atoms with E-state index in [9.17, 15) is 0 Å². The molecule has 0 saturated heterocycles. The minimum atomic E-state index is 0.763. The first-order chi connectivity index (χ1) is 9.64. The predicted octanol–water partition coefficient (Wildman–Crippen LogP) is 6.07. The van der Waals surface area contributed by atoms with Crippen molar-refractivity contribution in [3.05, 3.63) is 84.3 Å². The summed E-state index contributed by atoms with van der Waals surface area (Å²) in [5.74, 6) is 0. The van der Waals surface area contributed by atoms with Crippen LogP contribution < -0.4 is 0 Å². The molecule has 0 fully saturated rings. The highest BCUT2D eigenvalue weighted by atomic mass is 15.1. The fourth-order valence-corrected chi connectivity index (χ4v) is 1.45. The van der Waals surface area contributed by atoms with Crippen LogP contribution in [0.5, 0.6) is 0 Å². The lowest BCUT2D eigenvalue weighted by molar-refractivity contribution is 1.09. The van der Waals surface area contributed by atoms with E-state index >= 15 is 0 Å². The van der Waals surface area contributed by atoms with Crippen LogP contribution in [-0.2, 0) is 0 Å². The molecule has 0 radical (unpaired) electrons. The number of rotatable bonds is 7. The van der Waals surface area contributed by atoms with E-state index in [4.69, 9.17) is 0 Å². The molecule has 0 saturated carbocycles. The van der Waals surface area contributed by atoms with E-state index in [2.05, 4.69) is 23.4 Å². The van der Waals surface area contributed by atoms with E-state index in [1.54, 1.807) is 6.08 Å². The minimum Gasteiger partial charge on any atom is -0.151 e. The summed E-state index contributed by atoms with van der Waals surface area (Å²) >= 11 is 0. The van der Waals surface area contributed by atoms with Crippen molar-refractivity contribution >= 4 is 0 Å². The first-order valence-corrected chi connectivity index (χ1v) is 6.64. The van der Waals surface area contributed by atoms with Crippen LogP contribution in [0.25, 0.3) is 0 Å². The Morgan fingerprint density at radius 1 is 0.950 bits per heavy atom. The summed E-state index contributed by atoms with van der Waals surface area (Å²) < 4.78 is 0. The second-order valence-electron chi connectivity index (χ2n) is 4.00. The maximum atomic E-state index is 4.33. The Balaban J connectivity index is 5.68. The molecule has 0 aliphatic heterocycles. The van der Waals surface area contributed by atoms with E-state index in [1.807, 2.05) is 70.2 Å². The quantitative estimate of drug-likeness (QED) is 0.395. The Bertz CT molecular complexity index is 510. The van der Waals surface area contributed by atoms with Gasteiger partial charge in [-0.05, 0) is 45.4 Å². The lowest BCUT2D eigenvalue weighted by atomic mass is 10.1. The van der Waals surface area contributed by atoms with Gasteiger partial charge in [0.25, 0.3) is 0 Å². The zero-order valence-electron chi connectivity index (χ0n) is 12.9. The Labute approximate surface area is 123 Å². The molecule has 0 heterocycles. The second kappa shape index (κ2) is 10.7. The largest absolute Gasteiger partial charge is 0.151 e. The molecule has 0 amide bonds. The van der Waals surface area contributed by atoms with Crippen LogP contribution in [0, 0.1) is 0 Å². The van der Waals surface area contributed by atoms with Crippen molar-refractivity contribution < 1.29 is 0 Å². The molecule has 0 aliphatic rings. The zero-order chi connectivity index (χ0) is 15.4. The smallest absolute Gasteiger partial charge is 0.0931 e. The van der Waals surface area contributed by atoms with Gasteiger partial charge in [0.05, 0.1) is 11.4 Å². The summed E-state index contributed by atoms with van der Waals surface area (Å²) in [5.41, 5.74) is 3.61. The fourth-order valence-electron chi connectivity index (χ4n) is 1.45. The molecular weight excluding hydrogens is 244 g/mol. The van der Waals surface area contributed by atoms with Crippen LogP contribution in [-0.4, -0.2) is 0 Å². The van der Waals surface area contributed by atoms with E-state index in [0.717, 1.165) is 22.5 Å². The maximum absolute atomic E-state index is 4.33. The van der Waals surface area contributed by atoms with Gasteiger partial charge in [0.1, 0.15) is 0 Å². The summed E-state index contributed by atoms with van der Waals surface area (Å²) in [6.45, 7) is 15.4. The first kappa shape index (κ1) is 17.8. The fraction of sp³-hybridized carbons (Fsp3) is 0.222. The van der Waals surface area contributed by atoms with Gasteiger partial charge in [-0.1, -0.05) is 49.6 Å². The van der Waals surface area contributed by atoms with Crippen LogP contribution in [0.3, 0.4) is 0 Å². The third kappa shape index (κ3) is 6.10. The van der Waals surface area contributed by atoms with Crippen LogP contribution >= 0.6 is 0 Å². The predicted molar refractivity (Wildman–Crippen MR) is 89.4 cm³/mol. The summed E-state index contributed by atoms with van der Waals surface area (Å²) in [5, 5.41) is 8.58. The third-order valence-electron chi connectivity index (χ3n) is 2.52. The van der Waals surface area contributed by atoms with Crippen molar-refractivity contribution in [1.29, 1.82) is 0 Å². The maximum Gasteiger partial charge on any atom is 0.0931 e. The molecule has 20 heavy (non-hydrogen) atoms. The van der Waals surface area contributed by atoms with Gasteiger partial charge in [-0.3, -0.25) is 0 Å². The summed E-state index contributed by atoms with van der Waals surface area (Å²) in [6, 6.07) is 0. The van der Waals surface area contributed by atoms with Crippen molar-refractivity contribution in [3.8, 4) is 0 Å². The average molecular weight is 268 g/mol. The Kier molecular flexibility index (Phi) is 9.49. The molecule has 0 N–H and O–H groups in total. The van der Waals surface area contributed by atoms with Gasteiger partial charge in [-0.15, -0.1) is 5.11 Å². The zero-order valence-corrected chi connectivity index (χ0v) is 12.9. The number of azo groups is 1. The molecule has 0 aliphatic carbocycles. The molecule has 0 aromatic carbocycles. The molecule has 2 nitrogen and oxygen atoms in total. The number of hydrogen-bond donors (Lipinski definition) is 0. The topological polar surface area (TPSA) is 24.7 Å². The molecule has 0 aromatic heterocycles. The lowest BCUT2D eigenvalue weighted by Crippen LogP contribution is -1.87. The van der Waals surface area contributed by atoms with Gasteiger partial charge in [-0.25, -0.2) is 0 Å². The second-order valence-corrected chi connectivity index (χ2v) is 4.00. The van der Waals surface area contributed by atoms with Crippen LogP contribution in [0.2, 0.25) is 0 Å². The lowest BCUT2D eigenvalue weighted by Gasteiger charge is -2.05. The van der Waals surface area contributed by atoms with Crippen molar-refractivity contribution in [2.45, 2.75) is 27.7 Å². The highest BCUT2D eigenvalue weighted by Gasteiger charge is 2.03. The standard InChI is InChI=1S/C18H24N2/c1-7-12-16(11-5)19-20-18(14-9-3)17(13-8-2)15(6)10-4/h7-14H,3-4H2,1-2,5-6H3/b12-7-,13-8-,16-11+,17-15?,18-14+,20-19?. The summed E-state index contributed by atoms with van der Waals surface area (Å²) in [6.07, 6.45) is 15.1. The molecule has 0 rings (SSSR count). The SMILES string of the molecule is C=C/C=C(N=NC(/C=C\C)=C/C)\C(/C=C\C)=C(C)C=C. The van der Waals surface area contributed by atoms with Gasteiger partial charge in [0, 0.05) is 5.57 Å². The Morgan fingerprint density at radius 3 is 2.05 bits per heavy atom. The molecule has 0 aromatic rings. The van der Waals surface area contributed by atoms with Crippen molar-refractivity contribution in [3.63, 3.8) is 0 Å². The summed E-state index contributed by atoms with van der Waals surface area (Å²) in [4.78, 5) is 0. The van der Waals surface area contributed by atoms with Gasteiger partial charge in [0.15, 0.2) is 0 Å². The third-order valence-corrected chi connectivity index (χ3v) is 2.52. The first-order valence-electron chi connectivity index (χ1n) is 6.64. The van der Waals surface area contributed by atoms with Crippen molar-refractivity contribution in [1.82, 2.24) is 0 Å². The molecule has 0 bridgehead atoms. The van der Waals surface area contributed by atoms with Crippen LogP contribution in [0.4, 0.5) is 0 Å². The molecular formula is C18H24N2. The van der Waals surface area contributed by atoms with Crippen LogP contribution in [0.1, 0.15) is 27.7 Å².